The molecule has 110 valence electrons. The molecule has 0 atom stereocenters. The van der Waals surface area contributed by atoms with Gasteiger partial charge >= 0.3 is 5.97 Å². The number of nitrogens with one attached hydrogen (secondary N) is 1. The Hall–Kier alpha value is -2.89. The Bertz CT molecular complexity index is 697. The first-order chi connectivity index (χ1) is 9.90. The SMILES string of the molecule is Cc1c(NCc2cc(O)ccc2O)ccc(C(=O)O)c1O. The van der Waals surface area contributed by atoms with Crippen molar-refractivity contribution < 1.29 is 25.2 Å². The maximum atomic E-state index is 10.9. The molecular formula is C15H15NO5. The van der Waals surface area contributed by atoms with E-state index in [9.17, 15) is 20.1 Å². The van der Waals surface area contributed by atoms with Crippen molar-refractivity contribution in [2.75, 3.05) is 5.32 Å². The number of aromatic carboxylic acids is 1. The van der Waals surface area contributed by atoms with Crippen LogP contribution >= 0.6 is 0 Å². The van der Waals surface area contributed by atoms with Crippen LogP contribution in [0.5, 0.6) is 17.2 Å². The zero-order valence-corrected chi connectivity index (χ0v) is 11.3. The van der Waals surface area contributed by atoms with Crippen molar-refractivity contribution in [3.05, 3.63) is 47.0 Å². The van der Waals surface area contributed by atoms with E-state index in [0.717, 1.165) is 0 Å². The molecule has 6 heteroatoms. The van der Waals surface area contributed by atoms with Crippen LogP contribution in [-0.4, -0.2) is 26.4 Å². The fourth-order valence-electron chi connectivity index (χ4n) is 1.97. The number of aromatic hydroxyl groups is 3. The van der Waals surface area contributed by atoms with Crippen LogP contribution in [0.2, 0.25) is 0 Å². The number of hydrogen-bond donors (Lipinski definition) is 5. The summed E-state index contributed by atoms with van der Waals surface area (Å²) in [6.07, 6.45) is 0. The van der Waals surface area contributed by atoms with Gasteiger partial charge in [-0.3, -0.25) is 0 Å². The van der Waals surface area contributed by atoms with Gasteiger partial charge < -0.3 is 25.7 Å². The molecule has 0 heterocycles. The molecule has 0 aliphatic heterocycles. The van der Waals surface area contributed by atoms with Gasteiger partial charge in [-0.25, -0.2) is 4.79 Å². The highest BCUT2D eigenvalue weighted by atomic mass is 16.4. The van der Waals surface area contributed by atoms with E-state index in [0.29, 0.717) is 16.8 Å². The van der Waals surface area contributed by atoms with Gasteiger partial charge in [-0.1, -0.05) is 0 Å². The molecule has 0 saturated carbocycles. The number of carboxylic acids is 1. The lowest BCUT2D eigenvalue weighted by atomic mass is 10.1. The number of hydrogen-bond acceptors (Lipinski definition) is 5. The fourth-order valence-corrected chi connectivity index (χ4v) is 1.97. The third kappa shape index (κ3) is 3.00. The number of phenolic OH excluding ortho intramolecular Hbond substituents is 2. The van der Waals surface area contributed by atoms with Crippen LogP contribution in [0.3, 0.4) is 0 Å². The minimum absolute atomic E-state index is 0.0318. The van der Waals surface area contributed by atoms with Crippen LogP contribution in [0.1, 0.15) is 21.5 Å². The van der Waals surface area contributed by atoms with E-state index in [1.54, 1.807) is 13.0 Å². The van der Waals surface area contributed by atoms with Crippen LogP contribution in [0.15, 0.2) is 30.3 Å². The summed E-state index contributed by atoms with van der Waals surface area (Å²) >= 11 is 0. The van der Waals surface area contributed by atoms with Crippen LogP contribution in [0, 0.1) is 6.92 Å². The first-order valence-corrected chi connectivity index (χ1v) is 6.20. The summed E-state index contributed by atoms with van der Waals surface area (Å²) in [6, 6.07) is 7.01. The second kappa shape index (κ2) is 5.62. The molecule has 2 aromatic rings. The molecule has 0 saturated heterocycles. The second-order valence-corrected chi connectivity index (χ2v) is 4.61. The molecule has 2 rings (SSSR count). The van der Waals surface area contributed by atoms with Gasteiger partial charge in [0, 0.05) is 23.4 Å². The first-order valence-electron chi connectivity index (χ1n) is 6.20. The molecule has 21 heavy (non-hydrogen) atoms. The molecule has 0 aromatic heterocycles. The summed E-state index contributed by atoms with van der Waals surface area (Å²) in [7, 11) is 0. The molecule has 2 aromatic carbocycles. The van der Waals surface area contributed by atoms with Gasteiger partial charge in [-0.2, -0.15) is 0 Å². The molecular weight excluding hydrogens is 274 g/mol. The maximum Gasteiger partial charge on any atom is 0.339 e. The average Bonchev–Trinajstić information content (AvgIpc) is 2.43. The molecule has 0 radical (unpaired) electrons. The van der Waals surface area contributed by atoms with Crippen LogP contribution in [-0.2, 0) is 6.54 Å². The van der Waals surface area contributed by atoms with Gasteiger partial charge in [-0.15, -0.1) is 0 Å². The molecule has 0 bridgehead atoms. The molecule has 6 nitrogen and oxygen atoms in total. The van der Waals surface area contributed by atoms with Crippen LogP contribution in [0.25, 0.3) is 0 Å². The van der Waals surface area contributed by atoms with Crippen molar-refractivity contribution >= 4 is 11.7 Å². The Morgan fingerprint density at radius 1 is 1.14 bits per heavy atom. The molecule has 0 amide bonds. The minimum Gasteiger partial charge on any atom is -0.508 e. The molecule has 0 aliphatic carbocycles. The maximum absolute atomic E-state index is 10.9. The van der Waals surface area contributed by atoms with Crippen molar-refractivity contribution in [3.8, 4) is 17.2 Å². The Labute approximate surface area is 120 Å². The van der Waals surface area contributed by atoms with E-state index >= 15 is 0 Å². The highest BCUT2D eigenvalue weighted by molar-refractivity contribution is 5.92. The number of rotatable bonds is 4. The zero-order chi connectivity index (χ0) is 15.6. The molecule has 0 unspecified atom stereocenters. The first kappa shape index (κ1) is 14.5. The van der Waals surface area contributed by atoms with E-state index in [-0.39, 0.29) is 29.4 Å². The normalized spacial score (nSPS) is 10.3. The fraction of sp³-hybridized carbons (Fsp3) is 0.133. The zero-order valence-electron chi connectivity index (χ0n) is 11.3. The number of carbonyl (C=O) groups is 1. The van der Waals surface area contributed by atoms with E-state index in [2.05, 4.69) is 5.32 Å². The largest absolute Gasteiger partial charge is 0.508 e. The lowest BCUT2D eigenvalue weighted by Gasteiger charge is -2.13. The monoisotopic (exact) mass is 289 g/mol. The number of phenols is 3. The summed E-state index contributed by atoms with van der Waals surface area (Å²) in [4.78, 5) is 10.9. The van der Waals surface area contributed by atoms with Crippen molar-refractivity contribution in [1.29, 1.82) is 0 Å². The molecule has 0 fully saturated rings. The third-order valence-electron chi connectivity index (χ3n) is 3.19. The van der Waals surface area contributed by atoms with Gasteiger partial charge in [0.2, 0.25) is 0 Å². The number of benzene rings is 2. The van der Waals surface area contributed by atoms with Crippen molar-refractivity contribution in [1.82, 2.24) is 0 Å². The Kier molecular flexibility index (Phi) is 3.89. The van der Waals surface area contributed by atoms with E-state index in [1.807, 2.05) is 0 Å². The summed E-state index contributed by atoms with van der Waals surface area (Å²) < 4.78 is 0. The predicted octanol–water partition coefficient (Wildman–Crippen LogP) is 2.42. The van der Waals surface area contributed by atoms with E-state index < -0.39 is 5.97 Å². The van der Waals surface area contributed by atoms with Gasteiger partial charge in [0.05, 0.1) is 0 Å². The quantitative estimate of drug-likeness (QED) is 0.553. The summed E-state index contributed by atoms with van der Waals surface area (Å²) in [5.74, 6) is -1.44. The summed E-state index contributed by atoms with van der Waals surface area (Å²) in [5.41, 5.74) is 1.25. The topological polar surface area (TPSA) is 110 Å². The molecule has 0 aliphatic rings. The van der Waals surface area contributed by atoms with Crippen molar-refractivity contribution in [2.24, 2.45) is 0 Å². The van der Waals surface area contributed by atoms with E-state index in [1.165, 1.54) is 24.3 Å². The minimum atomic E-state index is -1.20. The Morgan fingerprint density at radius 3 is 2.52 bits per heavy atom. The van der Waals surface area contributed by atoms with Gasteiger partial charge in [0.1, 0.15) is 22.8 Å². The van der Waals surface area contributed by atoms with Gasteiger partial charge in [0.15, 0.2) is 0 Å². The number of carboxylic acid groups (broad SMARTS) is 1. The van der Waals surface area contributed by atoms with Crippen LogP contribution < -0.4 is 5.32 Å². The Balaban J connectivity index is 2.23. The molecule has 0 spiro atoms. The second-order valence-electron chi connectivity index (χ2n) is 4.61. The highest BCUT2D eigenvalue weighted by Crippen LogP contribution is 2.30. The van der Waals surface area contributed by atoms with Gasteiger partial charge in [0.25, 0.3) is 0 Å². The van der Waals surface area contributed by atoms with E-state index in [4.69, 9.17) is 5.11 Å². The van der Waals surface area contributed by atoms with Crippen LogP contribution in [0.4, 0.5) is 5.69 Å². The number of anilines is 1. The average molecular weight is 289 g/mol. The highest BCUT2D eigenvalue weighted by Gasteiger charge is 2.14. The smallest absolute Gasteiger partial charge is 0.339 e. The third-order valence-corrected chi connectivity index (χ3v) is 3.19. The standard InChI is InChI=1S/C15H15NO5/c1-8-12(4-3-11(14(8)19)15(20)21)16-7-9-6-10(17)2-5-13(9)18/h2-6,16-19H,7H2,1H3,(H,20,21). The van der Waals surface area contributed by atoms with Gasteiger partial charge in [-0.05, 0) is 37.3 Å². The molecule has 5 N–H and O–H groups in total. The summed E-state index contributed by atoms with van der Waals surface area (Å²) in [6.45, 7) is 1.80. The lowest BCUT2D eigenvalue weighted by Crippen LogP contribution is -2.04. The predicted molar refractivity (Wildman–Crippen MR) is 76.9 cm³/mol. The van der Waals surface area contributed by atoms with Crippen molar-refractivity contribution in [2.45, 2.75) is 13.5 Å². The lowest BCUT2D eigenvalue weighted by molar-refractivity contribution is 0.0693. The van der Waals surface area contributed by atoms with Crippen molar-refractivity contribution in [3.63, 3.8) is 0 Å². The Morgan fingerprint density at radius 2 is 1.86 bits per heavy atom. The summed E-state index contributed by atoms with van der Waals surface area (Å²) in [5, 5.41) is 40.8.